The van der Waals surface area contributed by atoms with Crippen LogP contribution in [0.25, 0.3) is 0 Å². The number of benzene rings is 1. The number of halogens is 6. The maximum absolute atomic E-state index is 12.2. The number of hydrogen-bond acceptors (Lipinski definition) is 3. The lowest BCUT2D eigenvalue weighted by Crippen LogP contribution is -2.35. The quantitative estimate of drug-likeness (QED) is 0.749. The normalized spacial score (nSPS) is 12.3. The Balaban J connectivity index is 3.27. The summed E-state index contributed by atoms with van der Waals surface area (Å²) in [4.78, 5) is 11.6. The van der Waals surface area contributed by atoms with E-state index in [-0.39, 0.29) is 10.6 Å². The molecule has 0 aliphatic heterocycles. The molecule has 0 bridgehead atoms. The van der Waals surface area contributed by atoms with E-state index in [0.717, 1.165) is 19.2 Å². The molecule has 0 saturated carbocycles. The van der Waals surface area contributed by atoms with E-state index in [9.17, 15) is 26.4 Å². The van der Waals surface area contributed by atoms with Crippen molar-refractivity contribution in [3.63, 3.8) is 0 Å². The van der Waals surface area contributed by atoms with Gasteiger partial charge in [-0.05, 0) is 12.1 Å². The van der Waals surface area contributed by atoms with Crippen LogP contribution < -0.4 is 0 Å². The van der Waals surface area contributed by atoms with Crippen LogP contribution in [0.3, 0.4) is 0 Å². The molecule has 11 heteroatoms. The van der Waals surface area contributed by atoms with Crippen LogP contribution >= 0.6 is 33.9 Å². The Morgan fingerprint density at radius 3 is 2.24 bits per heavy atom. The van der Waals surface area contributed by atoms with Gasteiger partial charge < -0.3 is 4.90 Å². The Bertz CT molecular complexity index is 676. The number of rotatable bonds is 3. The van der Waals surface area contributed by atoms with Crippen molar-refractivity contribution in [2.24, 2.45) is 0 Å². The van der Waals surface area contributed by atoms with E-state index in [0.29, 0.717) is 4.90 Å². The van der Waals surface area contributed by atoms with E-state index in [2.05, 4.69) is 0 Å². The first kappa shape index (κ1) is 18.3. The van der Waals surface area contributed by atoms with Gasteiger partial charge in [-0.2, -0.15) is 13.2 Å². The SMILES string of the molecule is CN(CC(F)(F)F)C(=O)c1cc(Cl)c(Cl)c(S(=O)(=O)Cl)c1. The first-order valence-electron chi connectivity index (χ1n) is 5.09. The Labute approximate surface area is 132 Å². The summed E-state index contributed by atoms with van der Waals surface area (Å²) >= 11 is 11.3. The van der Waals surface area contributed by atoms with E-state index < -0.39 is 37.6 Å². The number of amides is 1. The Morgan fingerprint density at radius 2 is 1.81 bits per heavy atom. The molecule has 1 rings (SSSR count). The van der Waals surface area contributed by atoms with E-state index >= 15 is 0 Å². The van der Waals surface area contributed by atoms with Gasteiger partial charge >= 0.3 is 6.18 Å². The van der Waals surface area contributed by atoms with Crippen molar-refractivity contribution in [2.75, 3.05) is 13.6 Å². The van der Waals surface area contributed by atoms with Gasteiger partial charge in [-0.3, -0.25) is 4.79 Å². The number of carbonyl (C=O) groups excluding carboxylic acids is 1. The van der Waals surface area contributed by atoms with Gasteiger partial charge in [0.2, 0.25) is 0 Å². The third kappa shape index (κ3) is 4.91. The number of alkyl halides is 3. The molecule has 0 atom stereocenters. The smallest absolute Gasteiger partial charge is 0.333 e. The van der Waals surface area contributed by atoms with Gasteiger partial charge in [0.1, 0.15) is 11.4 Å². The predicted molar refractivity (Wildman–Crippen MR) is 72.5 cm³/mol. The largest absolute Gasteiger partial charge is 0.406 e. The monoisotopic (exact) mass is 383 g/mol. The van der Waals surface area contributed by atoms with Crippen molar-refractivity contribution in [3.05, 3.63) is 27.7 Å². The molecule has 4 nitrogen and oxygen atoms in total. The summed E-state index contributed by atoms with van der Waals surface area (Å²) in [6.07, 6.45) is -4.60. The van der Waals surface area contributed by atoms with Crippen molar-refractivity contribution in [2.45, 2.75) is 11.1 Å². The van der Waals surface area contributed by atoms with Crippen molar-refractivity contribution < 1.29 is 26.4 Å². The fourth-order valence-corrected chi connectivity index (χ4v) is 3.19. The summed E-state index contributed by atoms with van der Waals surface area (Å²) < 4.78 is 59.3. The van der Waals surface area contributed by atoms with Crippen molar-refractivity contribution in [3.8, 4) is 0 Å². The van der Waals surface area contributed by atoms with Gasteiger partial charge in [-0.15, -0.1) is 0 Å². The number of hydrogen-bond donors (Lipinski definition) is 0. The first-order chi connectivity index (χ1) is 9.33. The van der Waals surface area contributed by atoms with E-state index in [1.807, 2.05) is 0 Å². The fourth-order valence-electron chi connectivity index (χ4n) is 1.43. The molecule has 0 aliphatic carbocycles. The predicted octanol–water partition coefficient (Wildman–Crippen LogP) is 3.56. The van der Waals surface area contributed by atoms with Gasteiger partial charge in [-0.1, -0.05) is 23.2 Å². The molecule has 0 fully saturated rings. The molecule has 1 aromatic rings. The van der Waals surface area contributed by atoms with Crippen LogP contribution in [0.5, 0.6) is 0 Å². The van der Waals surface area contributed by atoms with Gasteiger partial charge in [0.25, 0.3) is 15.0 Å². The van der Waals surface area contributed by atoms with Crippen molar-refractivity contribution in [1.82, 2.24) is 4.90 Å². The molecule has 0 radical (unpaired) electrons. The molecular weight excluding hydrogens is 378 g/mol. The van der Waals surface area contributed by atoms with Crippen LogP contribution in [0.4, 0.5) is 13.2 Å². The van der Waals surface area contributed by atoms with Gasteiger partial charge in [0.05, 0.1) is 10.0 Å². The second kappa shape index (κ2) is 6.20. The molecule has 1 aromatic carbocycles. The van der Waals surface area contributed by atoms with Crippen LogP contribution in [0, 0.1) is 0 Å². The standard InChI is InChI=1S/C10H7Cl3F3NO3S/c1-17(4-10(14,15)16)9(18)5-2-6(11)8(12)7(3-5)21(13,19)20/h2-3H,4H2,1H3. The molecule has 0 unspecified atom stereocenters. The van der Waals surface area contributed by atoms with Gasteiger partial charge in [0.15, 0.2) is 0 Å². The van der Waals surface area contributed by atoms with Crippen molar-refractivity contribution in [1.29, 1.82) is 0 Å². The highest BCUT2D eigenvalue weighted by Gasteiger charge is 2.32. The average Bonchev–Trinajstić information content (AvgIpc) is 2.27. The maximum Gasteiger partial charge on any atom is 0.406 e. The van der Waals surface area contributed by atoms with Crippen LogP contribution in [0.2, 0.25) is 10.0 Å². The minimum Gasteiger partial charge on any atom is -0.333 e. The lowest BCUT2D eigenvalue weighted by atomic mass is 10.2. The Hall–Kier alpha value is -0.700. The fraction of sp³-hybridized carbons (Fsp3) is 0.300. The van der Waals surface area contributed by atoms with Crippen LogP contribution in [-0.2, 0) is 9.05 Å². The highest BCUT2D eigenvalue weighted by atomic mass is 35.7. The molecule has 0 N–H and O–H groups in total. The van der Waals surface area contributed by atoms with Gasteiger partial charge in [0, 0.05) is 23.3 Å². The Kier molecular flexibility index (Phi) is 5.41. The lowest BCUT2D eigenvalue weighted by molar-refractivity contribution is -0.138. The molecule has 118 valence electrons. The van der Waals surface area contributed by atoms with Gasteiger partial charge in [-0.25, -0.2) is 8.42 Å². The second-order valence-corrected chi connectivity index (χ2v) is 7.30. The zero-order valence-corrected chi connectivity index (χ0v) is 13.3. The molecule has 0 heterocycles. The lowest BCUT2D eigenvalue weighted by Gasteiger charge is -2.19. The molecule has 0 spiro atoms. The Morgan fingerprint density at radius 1 is 1.29 bits per heavy atom. The third-order valence-electron chi connectivity index (χ3n) is 2.27. The zero-order valence-electron chi connectivity index (χ0n) is 10.2. The molecule has 0 aliphatic rings. The average molecular weight is 385 g/mol. The maximum atomic E-state index is 12.2. The molecule has 1 amide bonds. The minimum absolute atomic E-state index is 0.317. The molecule has 21 heavy (non-hydrogen) atoms. The summed E-state index contributed by atoms with van der Waals surface area (Å²) in [7, 11) is 1.72. The van der Waals surface area contributed by atoms with E-state index in [1.54, 1.807) is 0 Å². The molecule has 0 saturated heterocycles. The first-order valence-corrected chi connectivity index (χ1v) is 8.15. The number of carbonyl (C=O) groups is 1. The molecule has 0 aromatic heterocycles. The summed E-state index contributed by atoms with van der Waals surface area (Å²) in [5.41, 5.74) is -0.379. The van der Waals surface area contributed by atoms with Crippen LogP contribution in [0.15, 0.2) is 17.0 Å². The third-order valence-corrected chi connectivity index (χ3v) is 4.53. The summed E-state index contributed by atoms with van der Waals surface area (Å²) in [6, 6.07) is 1.73. The summed E-state index contributed by atoms with van der Waals surface area (Å²) in [6.45, 7) is -1.50. The summed E-state index contributed by atoms with van der Waals surface area (Å²) in [5, 5.41) is -0.733. The second-order valence-electron chi connectivity index (χ2n) is 3.98. The van der Waals surface area contributed by atoms with E-state index in [4.69, 9.17) is 33.9 Å². The van der Waals surface area contributed by atoms with Crippen LogP contribution in [0.1, 0.15) is 10.4 Å². The van der Waals surface area contributed by atoms with Crippen LogP contribution in [-0.4, -0.2) is 39.0 Å². The summed E-state index contributed by atoms with van der Waals surface area (Å²) in [5.74, 6) is -1.08. The molecular formula is C10H7Cl3F3NO3S. The van der Waals surface area contributed by atoms with Crippen molar-refractivity contribution >= 4 is 48.8 Å². The highest BCUT2D eigenvalue weighted by molar-refractivity contribution is 8.13. The zero-order chi connectivity index (χ0) is 16.6. The van der Waals surface area contributed by atoms with E-state index in [1.165, 1.54) is 0 Å². The minimum atomic E-state index is -4.60. The topological polar surface area (TPSA) is 54.5 Å². The number of nitrogens with zero attached hydrogens (tertiary/aromatic N) is 1. The highest BCUT2D eigenvalue weighted by Crippen LogP contribution is 2.33.